The lowest BCUT2D eigenvalue weighted by molar-refractivity contribution is -0.660. The van der Waals surface area contributed by atoms with Crippen molar-refractivity contribution in [3.8, 4) is 11.3 Å². The second-order valence-electron chi connectivity index (χ2n) is 9.05. The molecule has 1 aromatic carbocycles. The van der Waals surface area contributed by atoms with E-state index >= 15 is 0 Å². The van der Waals surface area contributed by atoms with Gasteiger partial charge in [-0.15, -0.1) is 0 Å². The predicted octanol–water partition coefficient (Wildman–Crippen LogP) is 5.37. The normalized spacial score (nSPS) is 12.5. The molecule has 1 nitrogen and oxygen atoms in total. The molecular weight excluding hydrogens is 278 g/mol. The fraction of sp³-hybridized carbons (Fsp3) is 0.500. The van der Waals surface area contributed by atoms with E-state index in [1.807, 2.05) is 0 Å². The third kappa shape index (κ3) is 4.43. The summed E-state index contributed by atoms with van der Waals surface area (Å²) in [4.78, 5) is 0. The van der Waals surface area contributed by atoms with Crippen LogP contribution in [-0.2, 0) is 18.9 Å². The molecule has 0 radical (unpaired) electrons. The molecule has 0 atom stereocenters. The van der Waals surface area contributed by atoms with Crippen molar-refractivity contribution in [1.29, 1.82) is 0 Å². The molecule has 0 unspecified atom stereocenters. The summed E-state index contributed by atoms with van der Waals surface area (Å²) in [7, 11) is 2.13. The van der Waals surface area contributed by atoms with Gasteiger partial charge in [-0.05, 0) is 46.9 Å². The summed E-state index contributed by atoms with van der Waals surface area (Å²) < 4.78 is 2.23. The average molecular weight is 311 g/mol. The summed E-state index contributed by atoms with van der Waals surface area (Å²) in [6.07, 6.45) is 3.29. The van der Waals surface area contributed by atoms with Gasteiger partial charge in [-0.1, -0.05) is 53.7 Å². The van der Waals surface area contributed by atoms with Crippen molar-refractivity contribution in [1.82, 2.24) is 0 Å². The minimum atomic E-state index is 0.194. The van der Waals surface area contributed by atoms with Crippen LogP contribution in [0.4, 0.5) is 0 Å². The van der Waals surface area contributed by atoms with Gasteiger partial charge in [0.1, 0.15) is 7.05 Å². The van der Waals surface area contributed by atoms with Crippen LogP contribution < -0.4 is 4.57 Å². The number of rotatable bonds is 2. The maximum atomic E-state index is 2.35. The molecule has 0 amide bonds. The molecule has 23 heavy (non-hydrogen) atoms. The zero-order valence-electron chi connectivity index (χ0n) is 16.1. The lowest BCUT2D eigenvalue weighted by Crippen LogP contribution is -2.31. The minimum Gasteiger partial charge on any atom is -0.201 e. The van der Waals surface area contributed by atoms with Crippen LogP contribution >= 0.6 is 0 Å². The van der Waals surface area contributed by atoms with E-state index in [1.54, 1.807) is 0 Å². The average Bonchev–Trinajstić information content (AvgIpc) is 2.38. The SMILES string of the molecule is Cc1cc(C(C)(C)C)ccc1-c1cc(CC(C)(C)C)cc[n+]1C. The lowest BCUT2D eigenvalue weighted by Gasteiger charge is -2.20. The van der Waals surface area contributed by atoms with Gasteiger partial charge in [-0.2, -0.15) is 0 Å². The zero-order chi connectivity index (χ0) is 17.4. The summed E-state index contributed by atoms with van der Waals surface area (Å²) in [5.74, 6) is 0. The first-order chi connectivity index (χ1) is 10.5. The summed E-state index contributed by atoms with van der Waals surface area (Å²) >= 11 is 0. The molecule has 0 fully saturated rings. The zero-order valence-corrected chi connectivity index (χ0v) is 16.1. The van der Waals surface area contributed by atoms with Gasteiger partial charge in [0.15, 0.2) is 6.20 Å². The van der Waals surface area contributed by atoms with Gasteiger partial charge in [0.2, 0.25) is 5.69 Å². The van der Waals surface area contributed by atoms with Crippen LogP contribution in [0.25, 0.3) is 11.3 Å². The van der Waals surface area contributed by atoms with Crippen LogP contribution in [0.5, 0.6) is 0 Å². The van der Waals surface area contributed by atoms with Crippen LogP contribution in [0.2, 0.25) is 0 Å². The first-order valence-electron chi connectivity index (χ1n) is 8.57. The van der Waals surface area contributed by atoms with Gasteiger partial charge >= 0.3 is 0 Å². The number of hydrogen-bond donors (Lipinski definition) is 0. The maximum absolute atomic E-state index is 2.35. The van der Waals surface area contributed by atoms with Crippen LogP contribution in [0.1, 0.15) is 58.2 Å². The molecule has 0 N–H and O–H groups in total. The fourth-order valence-corrected chi connectivity index (χ4v) is 3.02. The summed E-state index contributed by atoms with van der Waals surface area (Å²) in [5.41, 5.74) is 7.28. The van der Waals surface area contributed by atoms with Crippen molar-refractivity contribution in [2.24, 2.45) is 12.5 Å². The Hall–Kier alpha value is -1.63. The largest absolute Gasteiger partial charge is 0.212 e. The quantitative estimate of drug-likeness (QED) is 0.656. The Morgan fingerprint density at radius 3 is 2.09 bits per heavy atom. The van der Waals surface area contributed by atoms with Gasteiger partial charge in [0.05, 0.1) is 0 Å². The van der Waals surface area contributed by atoms with E-state index in [9.17, 15) is 0 Å². The van der Waals surface area contributed by atoms with Crippen molar-refractivity contribution in [2.45, 2.75) is 60.3 Å². The van der Waals surface area contributed by atoms with Crippen molar-refractivity contribution >= 4 is 0 Å². The van der Waals surface area contributed by atoms with Gasteiger partial charge in [0.25, 0.3) is 0 Å². The van der Waals surface area contributed by atoms with E-state index in [2.05, 4.69) is 96.6 Å². The van der Waals surface area contributed by atoms with E-state index < -0.39 is 0 Å². The van der Waals surface area contributed by atoms with Crippen LogP contribution in [0.3, 0.4) is 0 Å². The van der Waals surface area contributed by atoms with Gasteiger partial charge in [-0.25, -0.2) is 4.57 Å². The number of nitrogens with zero attached hydrogens (tertiary/aromatic N) is 1. The molecule has 2 aromatic rings. The van der Waals surface area contributed by atoms with Crippen molar-refractivity contribution in [3.63, 3.8) is 0 Å². The first kappa shape index (κ1) is 17.7. The second kappa shape index (κ2) is 6.11. The van der Waals surface area contributed by atoms with Crippen molar-refractivity contribution < 1.29 is 4.57 Å². The second-order valence-corrected chi connectivity index (χ2v) is 9.05. The Morgan fingerprint density at radius 1 is 0.913 bits per heavy atom. The number of hydrogen-bond acceptors (Lipinski definition) is 0. The molecule has 0 saturated heterocycles. The molecular formula is C22H32N+. The summed E-state index contributed by atoms with van der Waals surface area (Å²) in [6, 6.07) is 11.5. The molecule has 1 heterocycles. The summed E-state index contributed by atoms with van der Waals surface area (Å²) in [6.45, 7) is 15.9. The van der Waals surface area contributed by atoms with Crippen LogP contribution in [-0.4, -0.2) is 0 Å². The number of benzene rings is 1. The maximum Gasteiger partial charge on any atom is 0.212 e. The molecule has 124 valence electrons. The monoisotopic (exact) mass is 310 g/mol. The Labute approximate surface area is 142 Å². The first-order valence-corrected chi connectivity index (χ1v) is 8.57. The van der Waals surface area contributed by atoms with Gasteiger partial charge in [-0.3, -0.25) is 0 Å². The molecule has 1 heteroatoms. The highest BCUT2D eigenvalue weighted by Crippen LogP contribution is 2.29. The predicted molar refractivity (Wildman–Crippen MR) is 99.7 cm³/mol. The Kier molecular flexibility index (Phi) is 4.71. The molecule has 0 spiro atoms. The van der Waals surface area contributed by atoms with Gasteiger partial charge in [0, 0.05) is 17.7 Å². The van der Waals surface area contributed by atoms with E-state index in [1.165, 1.54) is 27.9 Å². The molecule has 0 aliphatic carbocycles. The number of aryl methyl sites for hydroxylation is 2. The topological polar surface area (TPSA) is 3.88 Å². The Bertz CT molecular complexity index is 697. The van der Waals surface area contributed by atoms with Crippen LogP contribution in [0, 0.1) is 12.3 Å². The molecule has 0 aliphatic heterocycles. The number of aromatic nitrogens is 1. The highest BCUT2D eigenvalue weighted by molar-refractivity contribution is 5.62. The van der Waals surface area contributed by atoms with E-state index in [0.717, 1.165) is 6.42 Å². The van der Waals surface area contributed by atoms with E-state index in [4.69, 9.17) is 0 Å². The highest BCUT2D eigenvalue weighted by atomic mass is 14.9. The molecule has 2 rings (SSSR count). The number of pyridine rings is 1. The minimum absolute atomic E-state index is 0.194. The standard InChI is InChI=1S/C22H32N/c1-16-13-18(22(5,6)7)9-10-19(16)20-14-17(11-12-23(20)8)15-21(2,3)4/h9-14H,15H2,1-8H3/q+1. The molecule has 1 aromatic heterocycles. The third-order valence-electron chi connectivity index (χ3n) is 4.32. The smallest absolute Gasteiger partial charge is 0.201 e. The molecule has 0 saturated carbocycles. The lowest BCUT2D eigenvalue weighted by atomic mass is 9.84. The fourth-order valence-electron chi connectivity index (χ4n) is 3.02. The third-order valence-corrected chi connectivity index (χ3v) is 4.32. The summed E-state index contributed by atoms with van der Waals surface area (Å²) in [5, 5.41) is 0. The van der Waals surface area contributed by atoms with Crippen molar-refractivity contribution in [3.05, 3.63) is 53.2 Å². The van der Waals surface area contributed by atoms with Gasteiger partial charge < -0.3 is 0 Å². The van der Waals surface area contributed by atoms with Crippen LogP contribution in [0.15, 0.2) is 36.5 Å². The Balaban J connectivity index is 2.48. The van der Waals surface area contributed by atoms with E-state index in [0.29, 0.717) is 5.41 Å². The Morgan fingerprint density at radius 2 is 1.57 bits per heavy atom. The molecule has 0 bridgehead atoms. The highest BCUT2D eigenvalue weighted by Gasteiger charge is 2.19. The molecule has 0 aliphatic rings. The van der Waals surface area contributed by atoms with E-state index in [-0.39, 0.29) is 5.41 Å². The van der Waals surface area contributed by atoms with Crippen molar-refractivity contribution in [2.75, 3.05) is 0 Å².